The quantitative estimate of drug-likeness (QED) is 0.662. The molecule has 1 aromatic heterocycles. The predicted octanol–water partition coefficient (Wildman–Crippen LogP) is 3.77. The summed E-state index contributed by atoms with van der Waals surface area (Å²) in [5.74, 6) is -5.82. The molecule has 2 rings (SSSR count). The minimum atomic E-state index is -1.46. The normalized spacial score (nSPS) is 12.1. The van der Waals surface area contributed by atoms with Gasteiger partial charge in [0.2, 0.25) is 0 Å². The number of halogens is 5. The number of hydrogen-bond acceptors (Lipinski definition) is 2. The maximum absolute atomic E-state index is 13.4. The molecular weight excluding hydrogens is 290 g/mol. The first-order valence-corrected chi connectivity index (χ1v) is 5.57. The first-order valence-electron chi connectivity index (χ1n) is 4.63. The Morgan fingerprint density at radius 1 is 1.06 bits per heavy atom. The van der Waals surface area contributed by atoms with Gasteiger partial charge < -0.3 is 5.73 Å². The molecule has 0 fully saturated rings. The second-order valence-corrected chi connectivity index (χ2v) is 4.20. The van der Waals surface area contributed by atoms with E-state index in [0.717, 1.165) is 0 Å². The maximum atomic E-state index is 13.4. The van der Waals surface area contributed by atoms with Crippen molar-refractivity contribution in [1.82, 2.24) is 0 Å². The van der Waals surface area contributed by atoms with Gasteiger partial charge in [-0.05, 0) is 22.4 Å². The van der Waals surface area contributed by atoms with E-state index in [1.165, 1.54) is 17.4 Å². The molecule has 0 saturated carbocycles. The molecule has 0 radical (unpaired) electrons. The van der Waals surface area contributed by atoms with Gasteiger partial charge in [0.25, 0.3) is 0 Å². The average Bonchev–Trinajstić information content (AvgIpc) is 2.80. The van der Waals surface area contributed by atoms with E-state index in [2.05, 4.69) is 0 Å². The number of rotatable bonds is 2. The van der Waals surface area contributed by atoms with Crippen LogP contribution in [0.2, 0.25) is 0 Å². The van der Waals surface area contributed by atoms with Gasteiger partial charge in [-0.3, -0.25) is 0 Å². The Morgan fingerprint density at radius 2 is 1.61 bits per heavy atom. The van der Waals surface area contributed by atoms with Crippen LogP contribution >= 0.6 is 23.7 Å². The van der Waals surface area contributed by atoms with Crippen molar-refractivity contribution in [2.75, 3.05) is 0 Å². The highest BCUT2D eigenvalue weighted by molar-refractivity contribution is 7.08. The fraction of sp³-hybridized carbons (Fsp3) is 0.0909. The molecule has 7 heteroatoms. The van der Waals surface area contributed by atoms with Gasteiger partial charge in [-0.1, -0.05) is 0 Å². The zero-order valence-corrected chi connectivity index (χ0v) is 10.4. The smallest absolute Gasteiger partial charge is 0.167 e. The van der Waals surface area contributed by atoms with E-state index >= 15 is 0 Å². The number of hydrogen-bond donors (Lipinski definition) is 1. The van der Waals surface area contributed by atoms with Crippen LogP contribution in [0.1, 0.15) is 17.2 Å². The molecule has 0 spiro atoms. The Bertz CT molecular complexity index is 518. The summed E-state index contributed by atoms with van der Waals surface area (Å²) in [4.78, 5) is 0. The molecule has 1 nitrogen and oxygen atoms in total. The van der Waals surface area contributed by atoms with Crippen molar-refractivity contribution in [3.63, 3.8) is 0 Å². The fourth-order valence-electron chi connectivity index (χ4n) is 1.48. The monoisotopic (exact) mass is 297 g/mol. The highest BCUT2D eigenvalue weighted by Gasteiger charge is 2.24. The Morgan fingerprint density at radius 3 is 2.06 bits per heavy atom. The second-order valence-electron chi connectivity index (χ2n) is 3.42. The molecule has 0 unspecified atom stereocenters. The Hall–Kier alpha value is -1.11. The van der Waals surface area contributed by atoms with Gasteiger partial charge in [0, 0.05) is 6.07 Å². The lowest BCUT2D eigenvalue weighted by Gasteiger charge is -2.13. The Labute approximate surface area is 111 Å². The van der Waals surface area contributed by atoms with E-state index in [9.17, 15) is 17.6 Å². The predicted molar refractivity (Wildman–Crippen MR) is 63.9 cm³/mol. The van der Waals surface area contributed by atoms with Crippen molar-refractivity contribution in [3.05, 3.63) is 57.3 Å². The summed E-state index contributed by atoms with van der Waals surface area (Å²) in [6.45, 7) is 0. The van der Waals surface area contributed by atoms with Gasteiger partial charge in [0.05, 0.1) is 11.6 Å². The van der Waals surface area contributed by atoms with Gasteiger partial charge in [-0.2, -0.15) is 11.3 Å². The first-order chi connectivity index (χ1) is 8.02. The molecule has 0 amide bonds. The van der Waals surface area contributed by atoms with Gasteiger partial charge in [-0.15, -0.1) is 12.4 Å². The first kappa shape index (κ1) is 14.9. The lowest BCUT2D eigenvalue weighted by atomic mass is 10.0. The standard InChI is InChI=1S/C11H7F4NS.ClH/c12-6-3-7(13)10(15)8(9(6)14)11(16)5-1-2-17-4-5;/h1-4,11H,16H2;1H/t11-;/m0./s1. The van der Waals surface area contributed by atoms with Crippen molar-refractivity contribution in [2.45, 2.75) is 6.04 Å². The molecule has 1 heterocycles. The van der Waals surface area contributed by atoms with Crippen LogP contribution in [-0.2, 0) is 0 Å². The third-order valence-corrected chi connectivity index (χ3v) is 3.06. The lowest BCUT2D eigenvalue weighted by Crippen LogP contribution is -2.17. The highest BCUT2D eigenvalue weighted by Crippen LogP contribution is 2.29. The molecule has 0 aliphatic carbocycles. The van der Waals surface area contributed by atoms with Crippen molar-refractivity contribution >= 4 is 23.7 Å². The van der Waals surface area contributed by atoms with Crippen molar-refractivity contribution in [3.8, 4) is 0 Å². The molecule has 18 heavy (non-hydrogen) atoms. The summed E-state index contributed by atoms with van der Waals surface area (Å²) in [6.07, 6.45) is 0. The van der Waals surface area contributed by atoms with Gasteiger partial charge in [0.15, 0.2) is 23.3 Å². The molecule has 2 N–H and O–H groups in total. The van der Waals surface area contributed by atoms with E-state index in [1.807, 2.05) is 0 Å². The minimum Gasteiger partial charge on any atom is -0.320 e. The lowest BCUT2D eigenvalue weighted by molar-refractivity contribution is 0.433. The largest absolute Gasteiger partial charge is 0.320 e. The molecule has 0 saturated heterocycles. The molecule has 1 aromatic carbocycles. The minimum absolute atomic E-state index is 0. The van der Waals surface area contributed by atoms with Crippen LogP contribution in [0.25, 0.3) is 0 Å². The zero-order valence-electron chi connectivity index (χ0n) is 8.79. The van der Waals surface area contributed by atoms with Crippen LogP contribution in [0, 0.1) is 23.3 Å². The molecule has 1 atom stereocenters. The summed E-state index contributed by atoms with van der Waals surface area (Å²) in [5, 5.41) is 3.22. The van der Waals surface area contributed by atoms with Crippen LogP contribution in [0.5, 0.6) is 0 Å². The summed E-state index contributed by atoms with van der Waals surface area (Å²) in [5.41, 5.74) is 5.20. The van der Waals surface area contributed by atoms with Crippen LogP contribution < -0.4 is 5.73 Å². The average molecular weight is 298 g/mol. The molecule has 0 aliphatic heterocycles. The molecule has 0 bridgehead atoms. The van der Waals surface area contributed by atoms with Crippen LogP contribution in [-0.4, -0.2) is 0 Å². The van der Waals surface area contributed by atoms with Crippen LogP contribution in [0.4, 0.5) is 17.6 Å². The molecule has 0 aliphatic rings. The summed E-state index contributed by atoms with van der Waals surface area (Å²) < 4.78 is 52.8. The SMILES string of the molecule is Cl.N[C@@H](c1ccsc1)c1c(F)c(F)cc(F)c1F. The number of thiophene rings is 1. The maximum Gasteiger partial charge on any atom is 0.167 e. The van der Waals surface area contributed by atoms with Crippen molar-refractivity contribution in [2.24, 2.45) is 5.73 Å². The highest BCUT2D eigenvalue weighted by atomic mass is 35.5. The Balaban J connectivity index is 0.00000162. The van der Waals surface area contributed by atoms with E-state index in [-0.39, 0.29) is 18.5 Å². The fourth-order valence-corrected chi connectivity index (χ4v) is 2.18. The van der Waals surface area contributed by atoms with E-state index in [0.29, 0.717) is 5.56 Å². The second kappa shape index (κ2) is 5.69. The third kappa shape index (κ3) is 2.50. The summed E-state index contributed by atoms with van der Waals surface area (Å²) in [6, 6.07) is 0.470. The zero-order chi connectivity index (χ0) is 12.6. The van der Waals surface area contributed by atoms with Crippen LogP contribution in [0.15, 0.2) is 22.9 Å². The Kier molecular flexibility index (Phi) is 4.72. The molecule has 2 aromatic rings. The van der Waals surface area contributed by atoms with Crippen molar-refractivity contribution < 1.29 is 17.6 Å². The van der Waals surface area contributed by atoms with E-state index in [1.54, 1.807) is 10.8 Å². The van der Waals surface area contributed by atoms with Gasteiger partial charge in [0.1, 0.15) is 0 Å². The van der Waals surface area contributed by atoms with E-state index < -0.39 is 34.9 Å². The van der Waals surface area contributed by atoms with Crippen molar-refractivity contribution in [1.29, 1.82) is 0 Å². The summed E-state index contributed by atoms with van der Waals surface area (Å²) >= 11 is 1.27. The molecular formula is C11H8ClF4NS. The van der Waals surface area contributed by atoms with Crippen LogP contribution in [0.3, 0.4) is 0 Å². The summed E-state index contributed by atoms with van der Waals surface area (Å²) in [7, 11) is 0. The van der Waals surface area contributed by atoms with Gasteiger partial charge >= 0.3 is 0 Å². The number of nitrogens with two attached hydrogens (primary N) is 1. The topological polar surface area (TPSA) is 26.0 Å². The third-order valence-electron chi connectivity index (χ3n) is 2.36. The molecule has 98 valence electrons. The number of benzene rings is 1. The van der Waals surface area contributed by atoms with Gasteiger partial charge in [-0.25, -0.2) is 17.6 Å². The van der Waals surface area contributed by atoms with E-state index in [4.69, 9.17) is 5.73 Å².